The van der Waals surface area contributed by atoms with E-state index < -0.39 is 11.7 Å². The lowest BCUT2D eigenvalue weighted by atomic mass is 10.2. The van der Waals surface area contributed by atoms with E-state index in [4.69, 9.17) is 16.7 Å². The van der Waals surface area contributed by atoms with Gasteiger partial charge >= 0.3 is 0 Å². The highest BCUT2D eigenvalue weighted by Crippen LogP contribution is 2.23. The van der Waals surface area contributed by atoms with E-state index in [9.17, 15) is 9.18 Å². The van der Waals surface area contributed by atoms with Gasteiger partial charge in [-0.2, -0.15) is 0 Å². The first-order valence-corrected chi connectivity index (χ1v) is 6.31. The number of carbonyl (C=O) groups excluding carboxylic acids is 1. The van der Waals surface area contributed by atoms with Gasteiger partial charge in [0.05, 0.1) is 16.3 Å². The van der Waals surface area contributed by atoms with Gasteiger partial charge in [-0.1, -0.05) is 23.4 Å². The molecule has 1 amide bonds. The van der Waals surface area contributed by atoms with Crippen molar-refractivity contribution < 1.29 is 14.3 Å². The fourth-order valence-electron chi connectivity index (χ4n) is 1.60. The molecule has 4 nitrogen and oxygen atoms in total. The Kier molecular flexibility index (Phi) is 4.88. The van der Waals surface area contributed by atoms with E-state index in [1.165, 1.54) is 18.3 Å². The van der Waals surface area contributed by atoms with Crippen molar-refractivity contribution in [3.63, 3.8) is 0 Å². The third-order valence-electron chi connectivity index (χ3n) is 2.50. The van der Waals surface area contributed by atoms with E-state index in [0.717, 1.165) is 6.07 Å². The van der Waals surface area contributed by atoms with Crippen LogP contribution in [0.5, 0.6) is 0 Å². The molecule has 1 aromatic carbocycles. The number of hydrogen-bond acceptors (Lipinski definition) is 3. The summed E-state index contributed by atoms with van der Waals surface area (Å²) in [5.41, 5.74) is 0.573. The van der Waals surface area contributed by atoms with Crippen molar-refractivity contribution in [2.45, 2.75) is 0 Å². The molecule has 0 atom stereocenters. The molecule has 106 valence electrons. The predicted octanol–water partition coefficient (Wildman–Crippen LogP) is 2.47. The normalized spacial score (nSPS) is 9.67. The van der Waals surface area contributed by atoms with Crippen LogP contribution in [0.25, 0.3) is 0 Å². The van der Waals surface area contributed by atoms with E-state index in [2.05, 4.69) is 22.1 Å². The fourth-order valence-corrected chi connectivity index (χ4v) is 1.76. The Balaban J connectivity index is 2.31. The summed E-state index contributed by atoms with van der Waals surface area (Å²) in [5, 5.41) is 11.4. The molecule has 0 unspecified atom stereocenters. The van der Waals surface area contributed by atoms with Gasteiger partial charge in [0.25, 0.3) is 5.91 Å². The lowest BCUT2D eigenvalue weighted by Crippen LogP contribution is -2.15. The van der Waals surface area contributed by atoms with E-state index in [0.29, 0.717) is 5.56 Å². The number of halogens is 2. The molecular weight excluding hydrogens is 295 g/mol. The van der Waals surface area contributed by atoms with Crippen LogP contribution in [0.3, 0.4) is 0 Å². The minimum absolute atomic E-state index is 0.0683. The molecule has 0 aliphatic rings. The molecule has 0 spiro atoms. The monoisotopic (exact) mass is 304 g/mol. The summed E-state index contributed by atoms with van der Waals surface area (Å²) in [5.74, 6) is 3.99. The quantitative estimate of drug-likeness (QED) is 0.838. The van der Waals surface area contributed by atoms with Crippen LogP contribution >= 0.6 is 11.6 Å². The summed E-state index contributed by atoms with van der Waals surface area (Å²) in [4.78, 5) is 16.1. The lowest BCUT2D eigenvalue weighted by molar-refractivity contribution is 0.102. The Labute approximate surface area is 125 Å². The average molecular weight is 305 g/mol. The van der Waals surface area contributed by atoms with Gasteiger partial charge in [-0.15, -0.1) is 0 Å². The summed E-state index contributed by atoms with van der Waals surface area (Å²) >= 11 is 5.89. The van der Waals surface area contributed by atoms with Crippen LogP contribution in [-0.2, 0) is 0 Å². The molecule has 0 fully saturated rings. The largest absolute Gasteiger partial charge is 0.384 e. The highest BCUT2D eigenvalue weighted by Gasteiger charge is 2.13. The number of amides is 1. The summed E-state index contributed by atoms with van der Waals surface area (Å²) in [7, 11) is 0. The Morgan fingerprint density at radius 1 is 1.43 bits per heavy atom. The molecule has 0 aliphatic carbocycles. The van der Waals surface area contributed by atoms with Crippen LogP contribution in [0.4, 0.5) is 10.1 Å². The Hall–Kier alpha value is -2.42. The van der Waals surface area contributed by atoms with Crippen LogP contribution in [-0.4, -0.2) is 22.6 Å². The van der Waals surface area contributed by atoms with E-state index in [1.807, 2.05) is 0 Å². The van der Waals surface area contributed by atoms with E-state index >= 15 is 0 Å². The zero-order chi connectivity index (χ0) is 15.2. The molecule has 1 heterocycles. The van der Waals surface area contributed by atoms with Crippen molar-refractivity contribution in [3.8, 4) is 11.8 Å². The molecule has 0 aliphatic heterocycles. The van der Waals surface area contributed by atoms with Gasteiger partial charge in [0.1, 0.15) is 18.1 Å². The molecular formula is C15H10ClFN2O2. The van der Waals surface area contributed by atoms with Crippen LogP contribution in [0, 0.1) is 17.7 Å². The van der Waals surface area contributed by atoms with Crippen molar-refractivity contribution in [1.82, 2.24) is 4.98 Å². The second-order valence-electron chi connectivity index (χ2n) is 3.94. The smallest absolute Gasteiger partial charge is 0.275 e. The molecule has 0 bridgehead atoms. The van der Waals surface area contributed by atoms with Gasteiger partial charge in [-0.3, -0.25) is 4.79 Å². The summed E-state index contributed by atoms with van der Waals surface area (Å²) < 4.78 is 13.2. The SMILES string of the molecule is O=C(Nc1cc(F)ccc1Cl)c1ncccc1C#CCO. The molecule has 2 N–H and O–H groups in total. The standard InChI is InChI=1S/C15H10ClFN2O2/c16-12-6-5-11(17)9-13(12)19-15(21)14-10(4-2-8-20)3-1-7-18-14/h1,3,5-7,9,20H,8H2,(H,19,21). The number of aliphatic hydroxyl groups excluding tert-OH is 1. The lowest BCUT2D eigenvalue weighted by Gasteiger charge is -2.08. The van der Waals surface area contributed by atoms with Crippen LogP contribution in [0.15, 0.2) is 36.5 Å². The topological polar surface area (TPSA) is 62.2 Å². The first-order valence-electron chi connectivity index (χ1n) is 5.93. The first-order chi connectivity index (χ1) is 10.1. The fraction of sp³-hybridized carbons (Fsp3) is 0.0667. The highest BCUT2D eigenvalue weighted by molar-refractivity contribution is 6.33. The number of anilines is 1. The molecule has 0 saturated carbocycles. The number of hydrogen-bond donors (Lipinski definition) is 2. The highest BCUT2D eigenvalue weighted by atomic mass is 35.5. The molecule has 1 aromatic heterocycles. The molecule has 21 heavy (non-hydrogen) atoms. The zero-order valence-corrected chi connectivity index (χ0v) is 11.5. The number of nitrogens with zero attached hydrogens (tertiary/aromatic N) is 1. The van der Waals surface area contributed by atoms with Gasteiger partial charge in [0, 0.05) is 6.20 Å². The minimum atomic E-state index is -0.565. The zero-order valence-electron chi connectivity index (χ0n) is 10.7. The van der Waals surface area contributed by atoms with Crippen LogP contribution in [0.1, 0.15) is 16.1 Å². The van der Waals surface area contributed by atoms with Crippen molar-refractivity contribution >= 4 is 23.2 Å². The van der Waals surface area contributed by atoms with Gasteiger partial charge in [-0.25, -0.2) is 9.37 Å². The number of benzene rings is 1. The summed E-state index contributed by atoms with van der Waals surface area (Å²) in [6.07, 6.45) is 1.44. The van der Waals surface area contributed by atoms with Gasteiger partial charge in [-0.05, 0) is 30.3 Å². The third kappa shape index (κ3) is 3.78. The molecule has 2 aromatic rings. The van der Waals surface area contributed by atoms with Gasteiger partial charge < -0.3 is 10.4 Å². The van der Waals surface area contributed by atoms with Crippen molar-refractivity contribution in [3.05, 3.63) is 58.6 Å². The van der Waals surface area contributed by atoms with E-state index in [1.54, 1.807) is 12.1 Å². The maximum Gasteiger partial charge on any atom is 0.275 e. The number of aromatic nitrogens is 1. The number of pyridine rings is 1. The number of rotatable bonds is 2. The Bertz CT molecular complexity index is 738. The van der Waals surface area contributed by atoms with Gasteiger partial charge in [0.15, 0.2) is 0 Å². The van der Waals surface area contributed by atoms with E-state index in [-0.39, 0.29) is 23.0 Å². The second kappa shape index (κ2) is 6.84. The van der Waals surface area contributed by atoms with Crippen LogP contribution < -0.4 is 5.32 Å². The summed E-state index contributed by atoms with van der Waals surface area (Å²) in [6, 6.07) is 6.86. The summed E-state index contributed by atoms with van der Waals surface area (Å²) in [6.45, 7) is -0.328. The predicted molar refractivity (Wildman–Crippen MR) is 77.6 cm³/mol. The molecule has 2 rings (SSSR count). The van der Waals surface area contributed by atoms with Crippen molar-refractivity contribution in [1.29, 1.82) is 0 Å². The Morgan fingerprint density at radius 3 is 3.00 bits per heavy atom. The average Bonchev–Trinajstić information content (AvgIpc) is 2.49. The number of nitrogens with one attached hydrogen (secondary N) is 1. The van der Waals surface area contributed by atoms with Gasteiger partial charge in [0.2, 0.25) is 0 Å². The maximum atomic E-state index is 13.2. The third-order valence-corrected chi connectivity index (χ3v) is 2.83. The first kappa shape index (κ1) is 15.0. The molecule has 0 saturated heterocycles. The number of carbonyl (C=O) groups is 1. The minimum Gasteiger partial charge on any atom is -0.384 e. The Morgan fingerprint density at radius 2 is 2.24 bits per heavy atom. The number of aliphatic hydroxyl groups is 1. The molecule has 0 radical (unpaired) electrons. The second-order valence-corrected chi connectivity index (χ2v) is 4.34. The molecule has 6 heteroatoms. The van der Waals surface area contributed by atoms with Crippen molar-refractivity contribution in [2.24, 2.45) is 0 Å². The van der Waals surface area contributed by atoms with Crippen LogP contribution in [0.2, 0.25) is 5.02 Å². The van der Waals surface area contributed by atoms with Crippen molar-refractivity contribution in [2.75, 3.05) is 11.9 Å². The maximum absolute atomic E-state index is 13.2.